The smallest absolute Gasteiger partial charge is 0.137 e. The van der Waals surface area contributed by atoms with Gasteiger partial charge in [-0.3, -0.25) is 0 Å². The Balaban J connectivity index is 2.52. The maximum Gasteiger partial charge on any atom is 0.137 e. The molecule has 2 unspecified atom stereocenters. The van der Waals surface area contributed by atoms with Crippen LogP contribution >= 0.6 is 15.9 Å². The molecule has 0 aliphatic carbocycles. The second kappa shape index (κ2) is 7.09. The number of halogens is 2. The van der Waals surface area contributed by atoms with Crippen molar-refractivity contribution < 1.29 is 9.50 Å². The van der Waals surface area contributed by atoms with Gasteiger partial charge in [-0.25, -0.2) is 4.39 Å². The lowest BCUT2D eigenvalue weighted by Gasteiger charge is -2.17. The van der Waals surface area contributed by atoms with E-state index in [9.17, 15) is 9.50 Å². The highest BCUT2D eigenvalue weighted by Gasteiger charge is 2.09. The van der Waals surface area contributed by atoms with Gasteiger partial charge in [0.2, 0.25) is 0 Å². The van der Waals surface area contributed by atoms with E-state index in [-0.39, 0.29) is 18.0 Å². The molecule has 0 aromatic heterocycles. The van der Waals surface area contributed by atoms with Crippen LogP contribution < -0.4 is 5.32 Å². The lowest BCUT2D eigenvalue weighted by molar-refractivity contribution is 0.157. The Morgan fingerprint density at radius 2 is 2.18 bits per heavy atom. The Kier molecular flexibility index (Phi) is 6.09. The van der Waals surface area contributed by atoms with Crippen molar-refractivity contribution >= 4 is 15.9 Å². The maximum atomic E-state index is 13.1. The van der Waals surface area contributed by atoms with Crippen molar-refractivity contribution in [1.29, 1.82) is 0 Å². The first-order valence-corrected chi connectivity index (χ1v) is 6.70. The molecule has 0 heterocycles. The quantitative estimate of drug-likeness (QED) is 0.844. The highest BCUT2D eigenvalue weighted by molar-refractivity contribution is 9.10. The van der Waals surface area contributed by atoms with Crippen molar-refractivity contribution in [1.82, 2.24) is 5.32 Å². The van der Waals surface area contributed by atoms with Crippen molar-refractivity contribution in [3.63, 3.8) is 0 Å². The number of benzene rings is 1. The number of hydrogen-bond acceptors (Lipinski definition) is 2. The predicted molar refractivity (Wildman–Crippen MR) is 71.4 cm³/mol. The number of aliphatic hydroxyl groups excluding tert-OH is 1. The van der Waals surface area contributed by atoms with Gasteiger partial charge < -0.3 is 10.4 Å². The molecule has 2 nitrogen and oxygen atoms in total. The van der Waals surface area contributed by atoms with Crippen LogP contribution in [0.1, 0.15) is 38.3 Å². The Labute approximate surface area is 110 Å². The Hall–Kier alpha value is -0.450. The van der Waals surface area contributed by atoms with Crippen molar-refractivity contribution in [2.24, 2.45) is 0 Å². The molecule has 4 heteroatoms. The third-order valence-electron chi connectivity index (χ3n) is 2.73. The molecule has 0 bridgehead atoms. The first-order valence-electron chi connectivity index (χ1n) is 5.91. The van der Waals surface area contributed by atoms with Gasteiger partial charge in [-0.05, 0) is 47.0 Å². The zero-order valence-corrected chi connectivity index (χ0v) is 11.8. The van der Waals surface area contributed by atoms with Crippen molar-refractivity contribution in [2.45, 2.75) is 38.8 Å². The molecule has 0 aliphatic rings. The molecule has 0 aliphatic heterocycles. The first kappa shape index (κ1) is 14.6. The van der Waals surface area contributed by atoms with Crippen LogP contribution in [-0.2, 0) is 0 Å². The molecule has 0 amide bonds. The van der Waals surface area contributed by atoms with Gasteiger partial charge in [-0.1, -0.05) is 19.4 Å². The fourth-order valence-electron chi connectivity index (χ4n) is 1.65. The summed E-state index contributed by atoms with van der Waals surface area (Å²) in [6.45, 7) is 4.60. The molecule has 2 atom stereocenters. The topological polar surface area (TPSA) is 32.3 Å². The van der Waals surface area contributed by atoms with Crippen LogP contribution in [0, 0.1) is 5.82 Å². The van der Waals surface area contributed by atoms with Crippen molar-refractivity contribution in [3.8, 4) is 0 Å². The van der Waals surface area contributed by atoms with Gasteiger partial charge in [0.15, 0.2) is 0 Å². The van der Waals surface area contributed by atoms with Gasteiger partial charge in [-0.2, -0.15) is 0 Å². The molecular weight excluding hydrogens is 285 g/mol. The van der Waals surface area contributed by atoms with Crippen LogP contribution in [0.15, 0.2) is 22.7 Å². The number of hydrogen-bond donors (Lipinski definition) is 2. The van der Waals surface area contributed by atoms with Gasteiger partial charge in [0.25, 0.3) is 0 Å². The highest BCUT2D eigenvalue weighted by Crippen LogP contribution is 2.21. The zero-order chi connectivity index (χ0) is 12.8. The zero-order valence-electron chi connectivity index (χ0n) is 10.2. The molecule has 96 valence electrons. The second-order valence-corrected chi connectivity index (χ2v) is 5.10. The lowest BCUT2D eigenvalue weighted by Crippen LogP contribution is -2.28. The van der Waals surface area contributed by atoms with Crippen molar-refractivity contribution in [2.75, 3.05) is 6.54 Å². The van der Waals surface area contributed by atoms with Crippen LogP contribution in [0.25, 0.3) is 0 Å². The molecule has 0 saturated carbocycles. The first-order chi connectivity index (χ1) is 8.04. The minimum atomic E-state index is -0.314. The normalized spacial score (nSPS) is 14.6. The summed E-state index contributed by atoms with van der Waals surface area (Å²) in [4.78, 5) is 0. The summed E-state index contributed by atoms with van der Waals surface area (Å²) < 4.78 is 13.5. The highest BCUT2D eigenvalue weighted by atomic mass is 79.9. The average Bonchev–Trinajstić information content (AvgIpc) is 2.30. The molecule has 1 rings (SSSR count). The largest absolute Gasteiger partial charge is 0.392 e. The van der Waals surface area contributed by atoms with E-state index in [1.54, 1.807) is 12.1 Å². The third-order valence-corrected chi connectivity index (χ3v) is 3.33. The summed E-state index contributed by atoms with van der Waals surface area (Å²) in [6, 6.07) is 5.06. The molecule has 1 aromatic rings. The number of nitrogens with one attached hydrogen (secondary N) is 1. The maximum absolute atomic E-state index is 13.1. The monoisotopic (exact) mass is 303 g/mol. The standard InChI is InChI=1S/C13H19BrFNO/c1-3-4-11(17)8-16-9(2)10-5-6-13(15)12(14)7-10/h5-7,9,11,16-17H,3-4,8H2,1-2H3. The van der Waals surface area contributed by atoms with Crippen LogP contribution in [-0.4, -0.2) is 17.8 Å². The average molecular weight is 304 g/mol. The number of aliphatic hydroxyl groups is 1. The summed E-state index contributed by atoms with van der Waals surface area (Å²) in [5.41, 5.74) is 1.00. The van der Waals surface area contributed by atoms with E-state index in [2.05, 4.69) is 21.2 Å². The molecule has 0 spiro atoms. The minimum Gasteiger partial charge on any atom is -0.392 e. The van der Waals surface area contributed by atoms with Gasteiger partial charge >= 0.3 is 0 Å². The summed E-state index contributed by atoms with van der Waals surface area (Å²) >= 11 is 3.17. The summed E-state index contributed by atoms with van der Waals surface area (Å²) in [5.74, 6) is -0.257. The van der Waals surface area contributed by atoms with Crippen LogP contribution in [0.4, 0.5) is 4.39 Å². The third kappa shape index (κ3) is 4.74. The molecule has 17 heavy (non-hydrogen) atoms. The van der Waals surface area contributed by atoms with E-state index in [4.69, 9.17) is 0 Å². The van der Waals surface area contributed by atoms with Gasteiger partial charge in [0, 0.05) is 12.6 Å². The molecule has 0 radical (unpaired) electrons. The van der Waals surface area contributed by atoms with E-state index in [0.717, 1.165) is 18.4 Å². The minimum absolute atomic E-state index is 0.0957. The van der Waals surface area contributed by atoms with E-state index >= 15 is 0 Å². The van der Waals surface area contributed by atoms with Gasteiger partial charge in [0.1, 0.15) is 5.82 Å². The number of rotatable bonds is 6. The SMILES string of the molecule is CCCC(O)CNC(C)c1ccc(F)c(Br)c1. The van der Waals surface area contributed by atoms with Crippen LogP contribution in [0.3, 0.4) is 0 Å². The van der Waals surface area contributed by atoms with E-state index in [1.165, 1.54) is 6.07 Å². The fraction of sp³-hybridized carbons (Fsp3) is 0.538. The molecule has 0 fully saturated rings. The predicted octanol–water partition coefficient (Wildman–Crippen LogP) is 3.40. The van der Waals surface area contributed by atoms with E-state index in [1.807, 2.05) is 13.8 Å². The Morgan fingerprint density at radius 3 is 2.76 bits per heavy atom. The summed E-state index contributed by atoms with van der Waals surface area (Å²) in [7, 11) is 0. The summed E-state index contributed by atoms with van der Waals surface area (Å²) in [5, 5.41) is 12.8. The van der Waals surface area contributed by atoms with E-state index in [0.29, 0.717) is 11.0 Å². The van der Waals surface area contributed by atoms with Gasteiger partial charge in [0.05, 0.1) is 10.6 Å². The Bertz CT molecular complexity index is 359. The summed E-state index contributed by atoms with van der Waals surface area (Å²) in [6.07, 6.45) is 1.46. The molecule has 0 saturated heterocycles. The van der Waals surface area contributed by atoms with E-state index < -0.39 is 0 Å². The second-order valence-electron chi connectivity index (χ2n) is 4.25. The van der Waals surface area contributed by atoms with Crippen LogP contribution in [0.2, 0.25) is 0 Å². The molecule has 1 aromatic carbocycles. The molecule has 2 N–H and O–H groups in total. The van der Waals surface area contributed by atoms with Crippen molar-refractivity contribution in [3.05, 3.63) is 34.1 Å². The fourth-order valence-corrected chi connectivity index (χ4v) is 2.04. The molecular formula is C13H19BrFNO. The van der Waals surface area contributed by atoms with Crippen LogP contribution in [0.5, 0.6) is 0 Å². The Morgan fingerprint density at radius 1 is 1.47 bits per heavy atom. The van der Waals surface area contributed by atoms with Gasteiger partial charge in [-0.15, -0.1) is 0 Å². The lowest BCUT2D eigenvalue weighted by atomic mass is 10.1.